The number of esters is 1. The monoisotopic (exact) mass is 1050 g/mol. The molecule has 386 valence electrons. The molecule has 0 saturated carbocycles. The maximum Gasteiger partial charge on any atom is 0.573 e. The Kier molecular flexibility index (Phi) is 16.8. The summed E-state index contributed by atoms with van der Waals surface area (Å²) in [4.78, 5) is 56.0. The van der Waals surface area contributed by atoms with Crippen molar-refractivity contribution in [2.24, 2.45) is 5.73 Å². The number of rotatable bonds is 14. The third-order valence-corrected chi connectivity index (χ3v) is 8.29. The van der Waals surface area contributed by atoms with Crippen LogP contribution in [0.15, 0.2) is 109 Å². The van der Waals surface area contributed by atoms with Gasteiger partial charge < -0.3 is 49.5 Å². The number of alkyl halides is 12. The maximum absolute atomic E-state index is 15.0. The number of hydrogen-bond acceptors (Lipinski definition) is 13. The van der Waals surface area contributed by atoms with Gasteiger partial charge in [-0.3, -0.25) is 19.4 Å². The fourth-order valence-corrected chi connectivity index (χ4v) is 5.51. The Balaban J connectivity index is 0.000000271. The fourth-order valence-electron chi connectivity index (χ4n) is 5.51. The Bertz CT molecular complexity index is 2970. The van der Waals surface area contributed by atoms with Crippen LogP contribution in [0.5, 0.6) is 46.0 Å². The van der Waals surface area contributed by atoms with Crippen LogP contribution >= 0.6 is 0 Å². The number of nitrogens with zero attached hydrogens (tertiary/aromatic N) is 2. The Labute approximate surface area is 397 Å². The van der Waals surface area contributed by atoms with Crippen LogP contribution in [-0.4, -0.2) is 66.2 Å². The summed E-state index contributed by atoms with van der Waals surface area (Å²) >= 11 is 0. The topological polar surface area (TPSA) is 209 Å². The highest BCUT2D eigenvalue weighted by Crippen LogP contribution is 2.38. The fraction of sp³-hybridized carbons (Fsp3) is 0.116. The summed E-state index contributed by atoms with van der Waals surface area (Å²) in [5.41, 5.74) is 2.24. The quantitative estimate of drug-likeness (QED) is 0.0686. The SMILES string of the molecule is COC(=O)c1cc(NC(=O)c2c(Oc3ccc(OC(F)(F)F)cc3)ccc(OC(F)(F)F)c2F)ccn1.NC(=O)c1cc(NC(=O)c2c(Oc3ccc(OC(F)(F)F)cc3)ccc(OC(F)(F)F)c2F)ccn1. The highest BCUT2D eigenvalue weighted by Gasteiger charge is 2.37. The second kappa shape index (κ2) is 22.3. The standard InChI is InChI=1S/C22H13F7N2O6.C21H12F7N3O5/c1-34-20(33)14-10-11(8-9-30-14)31-19(32)17-15(6-7-16(18(17)23)37-22(27,28)29)35-12-2-4-13(5-3-12)36-21(24,25)26;22-17-15(36-21(26,27)28)6-5-14(34-11-1-3-12(4-2-11)35-20(23,24)25)16(17)19(33)31-10-7-8-30-13(9-10)18(29)32/h2-10H,1H3,(H,30,31,32);1-9H,(H2,29,32)(H,30,31,33). The molecule has 2 heterocycles. The summed E-state index contributed by atoms with van der Waals surface area (Å²) in [6.45, 7) is 0. The lowest BCUT2D eigenvalue weighted by Gasteiger charge is -2.16. The van der Waals surface area contributed by atoms with Gasteiger partial charge in [0.15, 0.2) is 23.1 Å². The van der Waals surface area contributed by atoms with Crippen LogP contribution in [0.4, 0.5) is 72.8 Å². The molecule has 0 bridgehead atoms. The van der Waals surface area contributed by atoms with E-state index >= 15 is 4.39 Å². The molecule has 6 rings (SSSR count). The summed E-state index contributed by atoms with van der Waals surface area (Å²) in [7, 11) is 1.07. The van der Waals surface area contributed by atoms with E-state index in [9.17, 15) is 76.3 Å². The molecule has 0 aliphatic rings. The first-order valence-electron chi connectivity index (χ1n) is 19.1. The van der Waals surface area contributed by atoms with Gasteiger partial charge in [-0.2, -0.15) is 0 Å². The molecule has 16 nitrogen and oxygen atoms in total. The molecule has 30 heteroatoms. The number of nitrogens with two attached hydrogens (primary N) is 1. The molecule has 0 spiro atoms. The van der Waals surface area contributed by atoms with E-state index in [2.05, 4.69) is 44.3 Å². The smallest absolute Gasteiger partial charge is 0.464 e. The van der Waals surface area contributed by atoms with Crippen LogP contribution in [0.3, 0.4) is 0 Å². The number of methoxy groups -OCH3 is 1. The third kappa shape index (κ3) is 16.5. The largest absolute Gasteiger partial charge is 0.573 e. The van der Waals surface area contributed by atoms with Gasteiger partial charge in [-0.25, -0.2) is 18.6 Å². The van der Waals surface area contributed by atoms with Crippen molar-refractivity contribution in [3.05, 3.63) is 144 Å². The van der Waals surface area contributed by atoms with E-state index in [-0.39, 0.29) is 34.3 Å². The molecule has 3 amide bonds. The minimum atomic E-state index is -5.30. The summed E-state index contributed by atoms with van der Waals surface area (Å²) in [5.74, 6) is -13.6. The number of benzene rings is 4. The van der Waals surface area contributed by atoms with Gasteiger partial charge in [0.2, 0.25) is 0 Å². The van der Waals surface area contributed by atoms with Gasteiger partial charge in [0.25, 0.3) is 17.7 Å². The first kappa shape index (κ1) is 54.8. The number of anilines is 2. The Hall–Kier alpha value is -9.12. The van der Waals surface area contributed by atoms with E-state index in [1.807, 2.05) is 0 Å². The number of ether oxygens (including phenoxy) is 7. The van der Waals surface area contributed by atoms with Crippen molar-refractivity contribution in [2.45, 2.75) is 25.4 Å². The van der Waals surface area contributed by atoms with Crippen molar-refractivity contribution in [2.75, 3.05) is 17.7 Å². The lowest BCUT2D eigenvalue weighted by Crippen LogP contribution is -2.21. The number of pyridine rings is 2. The van der Waals surface area contributed by atoms with Crippen molar-refractivity contribution < 1.29 is 114 Å². The number of primary amides is 1. The van der Waals surface area contributed by atoms with Gasteiger partial charge in [-0.15, -0.1) is 52.7 Å². The van der Waals surface area contributed by atoms with Crippen LogP contribution in [0.1, 0.15) is 41.7 Å². The molecule has 0 radical (unpaired) electrons. The molecule has 0 fully saturated rings. The molecule has 0 aliphatic carbocycles. The van der Waals surface area contributed by atoms with E-state index in [0.29, 0.717) is 12.1 Å². The molecule has 6 aromatic rings. The molecule has 0 unspecified atom stereocenters. The first-order valence-corrected chi connectivity index (χ1v) is 19.1. The number of carbonyl (C=O) groups is 4. The van der Waals surface area contributed by atoms with Crippen molar-refractivity contribution in [1.82, 2.24) is 9.97 Å². The minimum Gasteiger partial charge on any atom is -0.464 e. The first-order chi connectivity index (χ1) is 34.0. The highest BCUT2D eigenvalue weighted by molar-refractivity contribution is 6.08. The van der Waals surface area contributed by atoms with E-state index in [1.54, 1.807) is 0 Å². The number of halogens is 14. The van der Waals surface area contributed by atoms with E-state index in [1.165, 1.54) is 12.1 Å². The molecule has 73 heavy (non-hydrogen) atoms. The van der Waals surface area contributed by atoms with Gasteiger partial charge in [-0.1, -0.05) is 0 Å². The van der Waals surface area contributed by atoms with Crippen molar-refractivity contribution >= 4 is 35.1 Å². The molecule has 0 saturated heterocycles. The zero-order valence-electron chi connectivity index (χ0n) is 35.6. The summed E-state index contributed by atoms with van der Waals surface area (Å²) in [6.07, 6.45) is -18.3. The Morgan fingerprint density at radius 2 is 0.795 bits per heavy atom. The molecule has 4 N–H and O–H groups in total. The molecule has 4 aromatic carbocycles. The highest BCUT2D eigenvalue weighted by atomic mass is 19.4. The van der Waals surface area contributed by atoms with Crippen molar-refractivity contribution in [3.63, 3.8) is 0 Å². The zero-order chi connectivity index (χ0) is 54.1. The number of nitrogens with one attached hydrogen (secondary N) is 2. The lowest BCUT2D eigenvalue weighted by molar-refractivity contribution is -0.276. The van der Waals surface area contributed by atoms with Gasteiger partial charge in [0.1, 0.15) is 57.0 Å². The molecule has 0 atom stereocenters. The van der Waals surface area contributed by atoms with E-state index < -0.39 is 106 Å². The van der Waals surface area contributed by atoms with E-state index in [0.717, 1.165) is 92.3 Å². The van der Waals surface area contributed by atoms with E-state index in [4.69, 9.17) is 15.2 Å². The van der Waals surface area contributed by atoms with Crippen LogP contribution in [0, 0.1) is 11.6 Å². The van der Waals surface area contributed by atoms with Crippen LogP contribution in [-0.2, 0) is 4.74 Å². The predicted octanol–water partition coefficient (Wildman–Crippen LogP) is 11.0. The predicted molar refractivity (Wildman–Crippen MR) is 217 cm³/mol. The van der Waals surface area contributed by atoms with Gasteiger partial charge in [-0.05, 0) is 97.1 Å². The van der Waals surface area contributed by atoms with Crippen LogP contribution < -0.4 is 44.8 Å². The number of hydrogen-bond donors (Lipinski definition) is 3. The van der Waals surface area contributed by atoms with Crippen molar-refractivity contribution in [3.8, 4) is 46.0 Å². The molecular formula is C43H25F14N5O11. The van der Waals surface area contributed by atoms with Crippen LogP contribution in [0.25, 0.3) is 0 Å². The minimum absolute atomic E-state index is 0.110. The Morgan fingerprint density at radius 1 is 0.466 bits per heavy atom. The van der Waals surface area contributed by atoms with Crippen LogP contribution in [0.2, 0.25) is 0 Å². The number of carbonyl (C=O) groups excluding carboxylic acids is 4. The second-order valence-corrected chi connectivity index (χ2v) is 13.5. The summed E-state index contributed by atoms with van der Waals surface area (Å²) in [6, 6.07) is 14.4. The number of amides is 3. The average molecular weight is 1050 g/mol. The third-order valence-electron chi connectivity index (χ3n) is 8.29. The summed E-state index contributed by atoms with van der Waals surface area (Å²) < 4.78 is 210. The van der Waals surface area contributed by atoms with Gasteiger partial charge in [0, 0.05) is 23.8 Å². The second-order valence-electron chi connectivity index (χ2n) is 13.5. The number of aromatic nitrogens is 2. The van der Waals surface area contributed by atoms with Gasteiger partial charge in [0.05, 0.1) is 7.11 Å². The zero-order valence-corrected chi connectivity index (χ0v) is 35.6. The Morgan fingerprint density at radius 3 is 1.14 bits per heavy atom. The van der Waals surface area contributed by atoms with Gasteiger partial charge >= 0.3 is 31.4 Å². The molecule has 2 aromatic heterocycles. The molecular weight excluding hydrogens is 1030 g/mol. The normalized spacial score (nSPS) is 11.5. The molecule has 0 aliphatic heterocycles. The van der Waals surface area contributed by atoms with Crippen molar-refractivity contribution in [1.29, 1.82) is 0 Å². The maximum atomic E-state index is 15.0. The average Bonchev–Trinajstić information content (AvgIpc) is 3.28. The summed E-state index contributed by atoms with van der Waals surface area (Å²) in [5, 5.41) is 4.34. The lowest BCUT2D eigenvalue weighted by atomic mass is 10.1.